The maximum Gasteiger partial charge on any atom is 0.343 e. The van der Waals surface area contributed by atoms with Crippen LogP contribution in [0.2, 0.25) is 5.02 Å². The van der Waals surface area contributed by atoms with E-state index >= 15 is 0 Å². The molecule has 0 bridgehead atoms. The molecule has 1 aromatic heterocycles. The lowest BCUT2D eigenvalue weighted by Gasteiger charge is -2.17. The van der Waals surface area contributed by atoms with Crippen LogP contribution in [-0.4, -0.2) is 45.2 Å². The molecule has 7 heteroatoms. The Morgan fingerprint density at radius 2 is 2.22 bits per heavy atom. The first-order valence-corrected chi connectivity index (χ1v) is 5.75. The van der Waals surface area contributed by atoms with Crippen LogP contribution in [0.1, 0.15) is 16.9 Å². The van der Waals surface area contributed by atoms with Crippen LogP contribution < -0.4 is 0 Å². The number of carbonyl (C=O) groups excluding carboxylic acids is 1. The highest BCUT2D eigenvalue weighted by molar-refractivity contribution is 6.31. The number of carboxylic acid groups (broad SMARTS) is 1. The second kappa shape index (κ2) is 4.28. The number of aliphatic carboxylic acids is 1. The number of rotatable bonds is 2. The number of halogens is 2. The van der Waals surface area contributed by atoms with Crippen LogP contribution in [0.25, 0.3) is 0 Å². The first kappa shape index (κ1) is 12.9. The normalized spacial score (nSPS) is 23.4. The molecule has 0 spiro atoms. The predicted molar refractivity (Wildman–Crippen MR) is 62.4 cm³/mol. The molecule has 18 heavy (non-hydrogen) atoms. The van der Waals surface area contributed by atoms with Gasteiger partial charge in [0.1, 0.15) is 5.69 Å². The van der Waals surface area contributed by atoms with Gasteiger partial charge in [-0.3, -0.25) is 4.79 Å². The number of carbonyl (C=O) groups is 2. The van der Waals surface area contributed by atoms with E-state index in [4.69, 9.17) is 16.7 Å². The molecule has 2 rings (SSSR count). The van der Waals surface area contributed by atoms with Crippen LogP contribution in [0, 0.1) is 0 Å². The van der Waals surface area contributed by atoms with Gasteiger partial charge in [-0.15, -0.1) is 0 Å². The molecule has 1 atom stereocenters. The molecule has 5 nitrogen and oxygen atoms in total. The van der Waals surface area contributed by atoms with E-state index in [0.717, 1.165) is 0 Å². The Kier molecular flexibility index (Phi) is 3.06. The van der Waals surface area contributed by atoms with Crippen molar-refractivity contribution in [1.82, 2.24) is 9.47 Å². The van der Waals surface area contributed by atoms with Crippen molar-refractivity contribution in [2.24, 2.45) is 7.05 Å². The quantitative estimate of drug-likeness (QED) is 0.885. The van der Waals surface area contributed by atoms with Gasteiger partial charge in [0.05, 0.1) is 11.6 Å². The minimum absolute atomic E-state index is 0.0877. The standard InChI is InChI=1S/C11H12ClFN2O3/c1-14-5-7(12)4-8(14)9(16)15-3-2-11(13,6-15)10(17)18/h4-5H,2-3,6H2,1H3,(H,17,18). The maximum absolute atomic E-state index is 13.8. The van der Waals surface area contributed by atoms with Crippen molar-refractivity contribution < 1.29 is 19.1 Å². The van der Waals surface area contributed by atoms with E-state index < -0.39 is 24.1 Å². The number of nitrogens with zero attached hydrogens (tertiary/aromatic N) is 2. The fourth-order valence-corrected chi connectivity index (χ4v) is 2.27. The highest BCUT2D eigenvalue weighted by Gasteiger charge is 2.47. The third kappa shape index (κ3) is 2.08. The van der Waals surface area contributed by atoms with Crippen molar-refractivity contribution in [3.05, 3.63) is 23.0 Å². The molecule has 2 heterocycles. The predicted octanol–water partition coefficient (Wildman–Crippen LogP) is 1.32. The van der Waals surface area contributed by atoms with Gasteiger partial charge >= 0.3 is 5.97 Å². The first-order valence-electron chi connectivity index (χ1n) is 5.37. The van der Waals surface area contributed by atoms with E-state index in [2.05, 4.69) is 0 Å². The number of likely N-dealkylation sites (tertiary alicyclic amines) is 1. The number of aromatic nitrogens is 1. The molecular formula is C11H12ClFN2O3. The van der Waals surface area contributed by atoms with Crippen molar-refractivity contribution >= 4 is 23.5 Å². The molecule has 1 N–H and O–H groups in total. The first-order chi connectivity index (χ1) is 8.33. The Labute approximate surface area is 108 Å². The van der Waals surface area contributed by atoms with E-state index in [1.807, 2.05) is 0 Å². The SMILES string of the molecule is Cn1cc(Cl)cc1C(=O)N1CCC(F)(C(=O)O)C1. The Hall–Kier alpha value is -1.56. The van der Waals surface area contributed by atoms with E-state index in [-0.39, 0.29) is 13.0 Å². The third-order valence-electron chi connectivity index (χ3n) is 3.08. The lowest BCUT2D eigenvalue weighted by Crippen LogP contribution is -2.39. The Morgan fingerprint density at radius 1 is 1.56 bits per heavy atom. The van der Waals surface area contributed by atoms with E-state index in [9.17, 15) is 14.0 Å². The van der Waals surface area contributed by atoms with Crippen molar-refractivity contribution in [3.8, 4) is 0 Å². The van der Waals surface area contributed by atoms with Gasteiger partial charge in [0.2, 0.25) is 5.67 Å². The monoisotopic (exact) mass is 274 g/mol. The smallest absolute Gasteiger partial charge is 0.343 e. The number of alkyl halides is 1. The van der Waals surface area contributed by atoms with Gasteiger partial charge in [-0.25, -0.2) is 9.18 Å². The molecule has 1 fully saturated rings. The molecule has 1 aromatic rings. The summed E-state index contributed by atoms with van der Waals surface area (Å²) in [6.45, 7) is -0.339. The molecule has 0 aromatic carbocycles. The van der Waals surface area contributed by atoms with Crippen molar-refractivity contribution in [2.45, 2.75) is 12.1 Å². The summed E-state index contributed by atoms with van der Waals surface area (Å²) in [6, 6.07) is 1.48. The molecule has 1 aliphatic heterocycles. The molecule has 0 saturated carbocycles. The van der Waals surface area contributed by atoms with Crippen LogP contribution in [-0.2, 0) is 11.8 Å². The largest absolute Gasteiger partial charge is 0.479 e. The number of hydrogen-bond donors (Lipinski definition) is 1. The zero-order valence-corrected chi connectivity index (χ0v) is 10.4. The molecule has 0 aliphatic carbocycles. The van der Waals surface area contributed by atoms with Gasteiger partial charge in [0, 0.05) is 26.2 Å². The van der Waals surface area contributed by atoms with Crippen LogP contribution in [0.4, 0.5) is 4.39 Å². The second-order valence-corrected chi connectivity index (χ2v) is 4.84. The minimum atomic E-state index is -2.34. The molecule has 0 radical (unpaired) electrons. The van der Waals surface area contributed by atoms with Crippen molar-refractivity contribution in [3.63, 3.8) is 0 Å². The highest BCUT2D eigenvalue weighted by Crippen LogP contribution is 2.27. The summed E-state index contributed by atoms with van der Waals surface area (Å²) >= 11 is 5.76. The molecule has 98 valence electrons. The number of hydrogen-bond acceptors (Lipinski definition) is 2. The third-order valence-corrected chi connectivity index (χ3v) is 3.29. The number of amides is 1. The van der Waals surface area contributed by atoms with Crippen molar-refractivity contribution in [1.29, 1.82) is 0 Å². The summed E-state index contributed by atoms with van der Waals surface area (Å²) < 4.78 is 15.4. The Morgan fingerprint density at radius 3 is 2.67 bits per heavy atom. The average Bonchev–Trinajstić information content (AvgIpc) is 2.82. The summed E-state index contributed by atoms with van der Waals surface area (Å²) in [5, 5.41) is 9.17. The van der Waals surface area contributed by atoms with Crippen molar-refractivity contribution in [2.75, 3.05) is 13.1 Å². The average molecular weight is 275 g/mol. The van der Waals surface area contributed by atoms with Crippen LogP contribution in [0.5, 0.6) is 0 Å². The van der Waals surface area contributed by atoms with Gasteiger partial charge in [-0.05, 0) is 6.07 Å². The van der Waals surface area contributed by atoms with Crippen LogP contribution in [0.3, 0.4) is 0 Å². The molecule has 1 aliphatic rings. The van der Waals surface area contributed by atoms with Gasteiger partial charge in [-0.1, -0.05) is 11.6 Å². The second-order valence-electron chi connectivity index (χ2n) is 4.40. The zero-order chi connectivity index (χ0) is 13.5. The summed E-state index contributed by atoms with van der Waals surface area (Å²) in [5.41, 5.74) is -2.03. The Balaban J connectivity index is 2.18. The molecule has 1 unspecified atom stereocenters. The minimum Gasteiger partial charge on any atom is -0.479 e. The molecule has 1 amide bonds. The van der Waals surface area contributed by atoms with E-state index in [0.29, 0.717) is 10.7 Å². The van der Waals surface area contributed by atoms with Gasteiger partial charge < -0.3 is 14.6 Å². The van der Waals surface area contributed by atoms with E-state index in [1.165, 1.54) is 15.5 Å². The van der Waals surface area contributed by atoms with E-state index in [1.54, 1.807) is 13.2 Å². The summed E-state index contributed by atoms with van der Waals surface area (Å²) in [5.74, 6) is -1.94. The summed E-state index contributed by atoms with van der Waals surface area (Å²) in [4.78, 5) is 24.0. The fraction of sp³-hybridized carbons (Fsp3) is 0.455. The fourth-order valence-electron chi connectivity index (χ4n) is 2.02. The molecule has 1 saturated heterocycles. The van der Waals surface area contributed by atoms with Crippen LogP contribution >= 0.6 is 11.6 Å². The number of carboxylic acids is 1. The lowest BCUT2D eigenvalue weighted by molar-refractivity contribution is -0.149. The van der Waals surface area contributed by atoms with Gasteiger partial charge in [0.25, 0.3) is 5.91 Å². The maximum atomic E-state index is 13.8. The van der Waals surface area contributed by atoms with Gasteiger partial charge in [-0.2, -0.15) is 0 Å². The summed E-state index contributed by atoms with van der Waals surface area (Å²) in [7, 11) is 1.65. The summed E-state index contributed by atoms with van der Waals surface area (Å²) in [6.07, 6.45) is 1.37. The van der Waals surface area contributed by atoms with Gasteiger partial charge in [0.15, 0.2) is 0 Å². The van der Waals surface area contributed by atoms with Crippen LogP contribution in [0.15, 0.2) is 12.3 Å². The number of aryl methyl sites for hydroxylation is 1. The lowest BCUT2D eigenvalue weighted by atomic mass is 10.1. The Bertz CT molecular complexity index is 516. The molecular weight excluding hydrogens is 263 g/mol. The highest BCUT2D eigenvalue weighted by atomic mass is 35.5. The topological polar surface area (TPSA) is 62.5 Å². The zero-order valence-electron chi connectivity index (χ0n) is 9.69.